The topological polar surface area (TPSA) is 174 Å². The van der Waals surface area contributed by atoms with Crippen LogP contribution in [0.25, 0.3) is 0 Å². The van der Waals surface area contributed by atoms with Crippen LogP contribution in [-0.2, 0) is 38.0 Å². The highest BCUT2D eigenvalue weighted by Gasteiger charge is 2.51. The Balaban J connectivity index is 2.10. The Morgan fingerprint density at radius 1 is 0.918 bits per heavy atom. The Morgan fingerprint density at radius 2 is 1.55 bits per heavy atom. The molecule has 13 nitrogen and oxygen atoms in total. The maximum absolute atomic E-state index is 13.7. The first kappa shape index (κ1) is 42.2. The van der Waals surface area contributed by atoms with Crippen molar-refractivity contribution in [2.45, 2.75) is 173 Å². The summed E-state index contributed by atoms with van der Waals surface area (Å²) in [6, 6.07) is -0.291. The number of methoxy groups -OCH3 is 1. The average Bonchev–Trinajstić information content (AvgIpc) is 3.03. The van der Waals surface area contributed by atoms with Crippen LogP contribution in [0.15, 0.2) is 0 Å². The van der Waals surface area contributed by atoms with Crippen LogP contribution in [0.3, 0.4) is 0 Å². The number of esters is 1. The first-order valence-corrected chi connectivity index (χ1v) is 18.0. The number of aliphatic hydroxyl groups is 4. The number of cyclic esters (lactones) is 1. The van der Waals surface area contributed by atoms with Gasteiger partial charge in [-0.2, -0.15) is 0 Å². The molecule has 49 heavy (non-hydrogen) atoms. The fourth-order valence-corrected chi connectivity index (χ4v) is 8.05. The molecular formula is C36H65NO12. The van der Waals surface area contributed by atoms with Crippen LogP contribution >= 0.6 is 0 Å². The van der Waals surface area contributed by atoms with Crippen molar-refractivity contribution in [1.82, 2.24) is 4.90 Å². The third-order valence-electron chi connectivity index (χ3n) is 11.4. The second kappa shape index (κ2) is 17.0. The van der Waals surface area contributed by atoms with E-state index in [1.54, 1.807) is 48.5 Å². The van der Waals surface area contributed by atoms with Crippen molar-refractivity contribution in [1.29, 1.82) is 0 Å². The van der Waals surface area contributed by atoms with E-state index in [1.165, 1.54) is 7.11 Å². The van der Waals surface area contributed by atoms with Gasteiger partial charge in [0.05, 0.1) is 48.1 Å². The molecule has 0 saturated carbocycles. The van der Waals surface area contributed by atoms with E-state index in [2.05, 4.69) is 0 Å². The molecule has 3 aliphatic rings. The van der Waals surface area contributed by atoms with Gasteiger partial charge in [-0.15, -0.1) is 0 Å². The average molecular weight is 704 g/mol. The monoisotopic (exact) mass is 703 g/mol. The van der Waals surface area contributed by atoms with Crippen LogP contribution in [-0.4, -0.2) is 137 Å². The number of hydrogen-bond acceptors (Lipinski definition) is 13. The van der Waals surface area contributed by atoms with Gasteiger partial charge in [0, 0.05) is 43.2 Å². The Hall–Kier alpha value is -1.26. The summed E-state index contributed by atoms with van der Waals surface area (Å²) >= 11 is 0. The van der Waals surface area contributed by atoms with E-state index < -0.39 is 96.2 Å². The van der Waals surface area contributed by atoms with Gasteiger partial charge >= 0.3 is 5.97 Å². The van der Waals surface area contributed by atoms with Crippen LogP contribution < -0.4 is 0 Å². The van der Waals surface area contributed by atoms with Gasteiger partial charge < -0.3 is 53.7 Å². The predicted octanol–water partition coefficient (Wildman–Crippen LogP) is 2.42. The maximum atomic E-state index is 13.7. The number of hydrogen-bond donors (Lipinski definition) is 4. The summed E-state index contributed by atoms with van der Waals surface area (Å²) in [5, 5.41) is 45.8. The number of ether oxygens (including phenoxy) is 6. The quantitative estimate of drug-likeness (QED) is 0.285. The summed E-state index contributed by atoms with van der Waals surface area (Å²) in [6.45, 7) is 15.7. The van der Waals surface area contributed by atoms with Crippen LogP contribution in [0, 0.1) is 23.7 Å². The first-order chi connectivity index (χ1) is 22.7. The lowest BCUT2D eigenvalue weighted by atomic mass is 9.75. The van der Waals surface area contributed by atoms with Crippen molar-refractivity contribution in [3.63, 3.8) is 0 Å². The number of carbonyl (C=O) groups is 2. The number of likely N-dealkylation sites (N-methyl/N-ethyl adjacent to an activating group) is 1. The lowest BCUT2D eigenvalue weighted by molar-refractivity contribution is -0.314. The summed E-state index contributed by atoms with van der Waals surface area (Å²) in [4.78, 5) is 29.3. The van der Waals surface area contributed by atoms with Crippen LogP contribution in [0.5, 0.6) is 0 Å². The lowest BCUT2D eigenvalue weighted by Gasteiger charge is -2.48. The Labute approximate surface area is 292 Å². The highest BCUT2D eigenvalue weighted by atomic mass is 16.7. The van der Waals surface area contributed by atoms with Gasteiger partial charge in [-0.1, -0.05) is 34.6 Å². The smallest absolute Gasteiger partial charge is 0.308 e. The van der Waals surface area contributed by atoms with E-state index in [9.17, 15) is 30.0 Å². The fraction of sp³-hybridized carbons (Fsp3) is 0.944. The first-order valence-electron chi connectivity index (χ1n) is 18.0. The van der Waals surface area contributed by atoms with Crippen molar-refractivity contribution >= 4 is 11.8 Å². The van der Waals surface area contributed by atoms with E-state index in [0.29, 0.717) is 12.8 Å². The number of carbonyl (C=O) groups excluding carboxylic acids is 2. The zero-order valence-corrected chi connectivity index (χ0v) is 31.7. The second-order valence-electron chi connectivity index (χ2n) is 15.7. The van der Waals surface area contributed by atoms with E-state index in [1.807, 2.05) is 32.8 Å². The van der Waals surface area contributed by atoms with Crippen LogP contribution in [0.1, 0.15) is 94.4 Å². The highest BCUT2D eigenvalue weighted by molar-refractivity contribution is 5.83. The highest BCUT2D eigenvalue weighted by Crippen LogP contribution is 2.39. The van der Waals surface area contributed by atoms with Crippen molar-refractivity contribution in [3.8, 4) is 0 Å². The third-order valence-corrected chi connectivity index (χ3v) is 11.4. The van der Waals surface area contributed by atoms with Gasteiger partial charge in [-0.05, 0) is 61.1 Å². The minimum absolute atomic E-state index is 0.0406. The fourth-order valence-electron chi connectivity index (χ4n) is 8.05. The Bertz CT molecular complexity index is 1090. The largest absolute Gasteiger partial charge is 0.462 e. The SMILES string of the molecule is CCC1OC(=O)CC(OC2CC(C)(OC)C(O)C(C)O2)C(C)C(OC2OC(C)CC(N(C)C)C2O)C(C)(O)CC(C)C(=O)C(C)C(O)C1C. The number of nitrogens with zero attached hydrogens (tertiary/aromatic N) is 1. The van der Waals surface area contributed by atoms with Crippen LogP contribution in [0.2, 0.25) is 0 Å². The lowest BCUT2D eigenvalue weighted by Crippen LogP contribution is -2.60. The van der Waals surface area contributed by atoms with Crippen molar-refractivity contribution in [2.24, 2.45) is 23.7 Å². The van der Waals surface area contributed by atoms with Gasteiger partial charge in [0.25, 0.3) is 0 Å². The summed E-state index contributed by atoms with van der Waals surface area (Å²) < 4.78 is 36.9. The zero-order chi connectivity index (χ0) is 37.2. The van der Waals surface area contributed by atoms with E-state index in [0.717, 1.165) is 0 Å². The molecule has 17 atom stereocenters. The van der Waals surface area contributed by atoms with Gasteiger partial charge in [0.1, 0.15) is 24.1 Å². The standard InChI is InChI=1S/C36H65NO12/c1-13-25-20(4)30(40)22(6)29(39)18(2)16-35(8,43)33(49-34-31(41)24(37(10)11)14-19(3)45-34)21(5)26(15-27(38)47-25)48-28-17-36(9,44-12)32(42)23(7)46-28/h18-26,28,30-34,40-43H,13-17H2,1-12H3. The normalized spacial score (nSPS) is 48.2. The minimum Gasteiger partial charge on any atom is -0.462 e. The van der Waals surface area contributed by atoms with Crippen molar-refractivity contribution in [2.75, 3.05) is 21.2 Å². The van der Waals surface area contributed by atoms with E-state index >= 15 is 0 Å². The van der Waals surface area contributed by atoms with Crippen LogP contribution in [0.4, 0.5) is 0 Å². The number of ketones is 1. The minimum atomic E-state index is -1.71. The summed E-state index contributed by atoms with van der Waals surface area (Å²) in [5.74, 6) is -3.61. The predicted molar refractivity (Wildman–Crippen MR) is 180 cm³/mol. The summed E-state index contributed by atoms with van der Waals surface area (Å²) in [7, 11) is 5.23. The molecule has 13 heteroatoms. The Morgan fingerprint density at radius 3 is 2.12 bits per heavy atom. The maximum Gasteiger partial charge on any atom is 0.308 e. The summed E-state index contributed by atoms with van der Waals surface area (Å²) in [6.07, 6.45) is -8.02. The molecule has 0 aliphatic carbocycles. The molecule has 0 aromatic heterocycles. The molecule has 3 rings (SSSR count). The van der Waals surface area contributed by atoms with Gasteiger partial charge in [-0.3, -0.25) is 9.59 Å². The molecular weight excluding hydrogens is 638 g/mol. The molecule has 3 aliphatic heterocycles. The zero-order valence-electron chi connectivity index (χ0n) is 31.7. The number of aliphatic hydroxyl groups excluding tert-OH is 3. The molecule has 286 valence electrons. The molecule has 0 spiro atoms. The molecule has 0 aromatic rings. The molecule has 3 saturated heterocycles. The van der Waals surface area contributed by atoms with Crippen molar-refractivity contribution < 1.29 is 58.4 Å². The number of Topliss-reactive ketones (excluding diaryl/α,β-unsaturated/α-hetero) is 1. The second-order valence-corrected chi connectivity index (χ2v) is 15.7. The molecule has 0 radical (unpaired) electrons. The molecule has 3 fully saturated rings. The summed E-state index contributed by atoms with van der Waals surface area (Å²) in [5.41, 5.74) is -2.71. The van der Waals surface area contributed by atoms with Crippen molar-refractivity contribution in [3.05, 3.63) is 0 Å². The van der Waals surface area contributed by atoms with Gasteiger partial charge in [0.15, 0.2) is 12.6 Å². The molecule has 0 aromatic carbocycles. The van der Waals surface area contributed by atoms with Gasteiger partial charge in [0.2, 0.25) is 0 Å². The van der Waals surface area contributed by atoms with E-state index in [4.69, 9.17) is 28.4 Å². The molecule has 4 N–H and O–H groups in total. The Kier molecular flexibility index (Phi) is 14.7. The molecule has 17 unspecified atom stereocenters. The van der Waals surface area contributed by atoms with Gasteiger partial charge in [-0.25, -0.2) is 0 Å². The molecule has 0 amide bonds. The molecule has 3 heterocycles. The third kappa shape index (κ3) is 9.79. The number of rotatable bonds is 7. The van der Waals surface area contributed by atoms with E-state index in [-0.39, 0.29) is 37.2 Å². The molecule has 0 bridgehead atoms.